The molecule has 0 aromatic carbocycles. The van der Waals surface area contributed by atoms with Crippen LogP contribution < -0.4 is 0 Å². The smallest absolute Gasteiger partial charge is 0.283 e. The largest absolute Gasteiger partial charge is 0.302 e. The molecule has 0 bridgehead atoms. The van der Waals surface area contributed by atoms with Crippen LogP contribution in [0.25, 0.3) is 0 Å². The fourth-order valence-corrected chi connectivity index (χ4v) is 0.740. The Balaban J connectivity index is -0.000000180. The number of hydrogen-bond donors (Lipinski definition) is 0. The van der Waals surface area contributed by atoms with E-state index in [4.69, 9.17) is 19.2 Å². The SMILES string of the molecule is CC(=[OH+])CC(C)=[OH+].CC(=[OH+])CC(C)=[OH+].[Pt]. The minimum absolute atomic E-state index is 0. The molecule has 0 amide bonds. The zero-order valence-corrected chi connectivity index (χ0v) is 11.8. The van der Waals surface area contributed by atoms with Crippen LogP contribution in [0.2, 0.25) is 0 Å². The van der Waals surface area contributed by atoms with Crippen LogP contribution in [0.1, 0.15) is 40.5 Å². The molecular formula is C10H20O4Pt+4. The van der Waals surface area contributed by atoms with Gasteiger partial charge in [0.25, 0.3) is 0 Å². The first-order valence-electron chi connectivity index (χ1n) is 4.31. The molecule has 90 valence electrons. The molecule has 0 heterocycles. The average molecular weight is 399 g/mol. The van der Waals surface area contributed by atoms with Crippen molar-refractivity contribution >= 4 is 23.1 Å². The molecule has 0 saturated heterocycles. The molecule has 0 saturated carbocycles. The molecule has 0 spiro atoms. The zero-order valence-electron chi connectivity index (χ0n) is 9.52. The Hall–Kier alpha value is -0.632. The molecule has 0 aliphatic heterocycles. The number of carbonyl (C=O) groups excluding carboxylic acids is 4. The third-order valence-corrected chi connectivity index (χ3v) is 1.02. The molecule has 0 aliphatic rings. The summed E-state index contributed by atoms with van der Waals surface area (Å²) in [5.74, 6) is 1.00. The fraction of sp³-hybridized carbons (Fsp3) is 0.600. The Kier molecular flexibility index (Phi) is 15.2. The van der Waals surface area contributed by atoms with Crippen molar-refractivity contribution < 1.29 is 40.2 Å². The maximum atomic E-state index is 8.46. The van der Waals surface area contributed by atoms with Gasteiger partial charge in [-0.3, -0.25) is 19.2 Å². The summed E-state index contributed by atoms with van der Waals surface area (Å²) in [7, 11) is 0. The normalized spacial score (nSPS) is 7.73. The quantitative estimate of drug-likeness (QED) is 0.499. The third-order valence-electron chi connectivity index (χ3n) is 1.02. The summed E-state index contributed by atoms with van der Waals surface area (Å²) in [6.45, 7) is 6.22. The van der Waals surface area contributed by atoms with Crippen LogP contribution in [0.3, 0.4) is 0 Å². The van der Waals surface area contributed by atoms with E-state index in [0.29, 0.717) is 12.8 Å². The molecular weight excluding hydrogens is 379 g/mol. The molecule has 5 heteroatoms. The molecule has 4 N–H and O–H groups in total. The molecule has 0 aromatic heterocycles. The maximum absolute atomic E-state index is 8.46. The summed E-state index contributed by atoms with van der Waals surface area (Å²) in [5, 5.41) is 0. The van der Waals surface area contributed by atoms with E-state index >= 15 is 0 Å². The molecule has 0 fully saturated rings. The molecule has 0 unspecified atom stereocenters. The van der Waals surface area contributed by atoms with Gasteiger partial charge in [0, 0.05) is 48.8 Å². The summed E-state index contributed by atoms with van der Waals surface area (Å²) in [4.78, 5) is 33.8. The van der Waals surface area contributed by atoms with Crippen molar-refractivity contribution in [3.63, 3.8) is 0 Å². The Morgan fingerprint density at radius 2 is 0.733 bits per heavy atom. The van der Waals surface area contributed by atoms with Crippen LogP contribution in [0.4, 0.5) is 0 Å². The second-order valence-corrected chi connectivity index (χ2v) is 3.29. The van der Waals surface area contributed by atoms with Crippen LogP contribution in [0.15, 0.2) is 0 Å². The van der Waals surface area contributed by atoms with E-state index in [2.05, 4.69) is 0 Å². The van der Waals surface area contributed by atoms with Gasteiger partial charge in [-0.1, -0.05) is 0 Å². The van der Waals surface area contributed by atoms with Gasteiger partial charge in [-0.25, -0.2) is 0 Å². The Bertz CT molecular complexity index is 196. The summed E-state index contributed by atoms with van der Waals surface area (Å²) >= 11 is 0. The van der Waals surface area contributed by atoms with Crippen LogP contribution in [-0.4, -0.2) is 42.3 Å². The first-order valence-corrected chi connectivity index (χ1v) is 4.31. The Morgan fingerprint density at radius 1 is 0.600 bits per heavy atom. The van der Waals surface area contributed by atoms with Gasteiger partial charge in [-0.05, 0) is 0 Å². The summed E-state index contributed by atoms with van der Waals surface area (Å²) in [6.07, 6.45) is 0.611. The first-order chi connectivity index (χ1) is 6.25. The van der Waals surface area contributed by atoms with E-state index in [1.54, 1.807) is 27.7 Å². The van der Waals surface area contributed by atoms with Crippen LogP contribution in [0, 0.1) is 0 Å². The molecule has 0 atom stereocenters. The van der Waals surface area contributed by atoms with Gasteiger partial charge >= 0.3 is 23.1 Å². The van der Waals surface area contributed by atoms with E-state index < -0.39 is 0 Å². The number of rotatable bonds is 4. The molecule has 0 rings (SSSR count). The third kappa shape index (κ3) is 31.8. The van der Waals surface area contributed by atoms with E-state index in [1.807, 2.05) is 0 Å². The maximum Gasteiger partial charge on any atom is 0.302 e. The first kappa shape index (κ1) is 19.9. The number of ketones is 4. The second kappa shape index (κ2) is 11.4. The predicted molar refractivity (Wildman–Crippen MR) is 59.7 cm³/mol. The van der Waals surface area contributed by atoms with Gasteiger partial charge in [0.1, 0.15) is 0 Å². The molecule has 15 heavy (non-hydrogen) atoms. The van der Waals surface area contributed by atoms with Crippen molar-refractivity contribution in [2.24, 2.45) is 0 Å². The summed E-state index contributed by atoms with van der Waals surface area (Å²) < 4.78 is 0. The molecule has 0 radical (unpaired) electrons. The minimum Gasteiger partial charge on any atom is -0.283 e. The van der Waals surface area contributed by atoms with Gasteiger partial charge < -0.3 is 0 Å². The molecule has 0 aliphatic carbocycles. The topological polar surface area (TPSA) is 85.6 Å². The average Bonchev–Trinajstić information content (AvgIpc) is 1.79. The van der Waals surface area contributed by atoms with E-state index in [-0.39, 0.29) is 44.2 Å². The van der Waals surface area contributed by atoms with Crippen molar-refractivity contribution in [3.05, 3.63) is 0 Å². The van der Waals surface area contributed by atoms with Crippen molar-refractivity contribution in [2.45, 2.75) is 40.5 Å². The fourth-order valence-electron chi connectivity index (χ4n) is 0.740. The Morgan fingerprint density at radius 3 is 0.733 bits per heavy atom. The van der Waals surface area contributed by atoms with E-state index in [1.165, 1.54) is 0 Å². The summed E-state index contributed by atoms with van der Waals surface area (Å²) in [6, 6.07) is 0. The standard InChI is InChI=1S/2C5H8O2.Pt/c2*1-4(6)3-5(2)7;/h2*3H2,1-2H3;/p+4. The molecule has 0 aromatic rings. The molecule has 4 nitrogen and oxygen atoms in total. The van der Waals surface area contributed by atoms with Crippen LogP contribution in [-0.2, 0) is 21.1 Å². The minimum atomic E-state index is 0. The zero-order chi connectivity index (χ0) is 11.7. The van der Waals surface area contributed by atoms with E-state index in [0.717, 1.165) is 0 Å². The van der Waals surface area contributed by atoms with Gasteiger partial charge in [0.2, 0.25) is 0 Å². The van der Waals surface area contributed by atoms with Crippen molar-refractivity contribution in [1.29, 1.82) is 0 Å². The van der Waals surface area contributed by atoms with Crippen molar-refractivity contribution in [2.75, 3.05) is 0 Å². The second-order valence-electron chi connectivity index (χ2n) is 3.29. The number of hydrogen-bond acceptors (Lipinski definition) is 0. The predicted octanol–water partition coefficient (Wildman–Crippen LogP) is 1.01. The van der Waals surface area contributed by atoms with Gasteiger partial charge in [0.05, 0.1) is 0 Å². The van der Waals surface area contributed by atoms with Crippen LogP contribution >= 0.6 is 0 Å². The van der Waals surface area contributed by atoms with E-state index in [9.17, 15) is 0 Å². The Labute approximate surface area is 104 Å². The van der Waals surface area contributed by atoms with Gasteiger partial charge in [0.15, 0.2) is 12.8 Å². The van der Waals surface area contributed by atoms with Crippen molar-refractivity contribution in [1.82, 2.24) is 0 Å². The van der Waals surface area contributed by atoms with Crippen LogP contribution in [0.5, 0.6) is 0 Å². The monoisotopic (exact) mass is 399 g/mol. The van der Waals surface area contributed by atoms with Gasteiger partial charge in [-0.2, -0.15) is 0 Å². The van der Waals surface area contributed by atoms with Gasteiger partial charge in [-0.15, -0.1) is 0 Å². The van der Waals surface area contributed by atoms with Crippen molar-refractivity contribution in [3.8, 4) is 0 Å². The summed E-state index contributed by atoms with van der Waals surface area (Å²) in [5.41, 5.74) is 0.